The van der Waals surface area contributed by atoms with Crippen LogP contribution in [0, 0.1) is 6.92 Å². The second kappa shape index (κ2) is 5.35. The van der Waals surface area contributed by atoms with E-state index in [9.17, 15) is 4.79 Å². The summed E-state index contributed by atoms with van der Waals surface area (Å²) in [7, 11) is 0. The van der Waals surface area contributed by atoms with Crippen LogP contribution in [0.2, 0.25) is 0 Å². The van der Waals surface area contributed by atoms with Crippen molar-refractivity contribution in [2.45, 2.75) is 45.6 Å². The maximum Gasteiger partial charge on any atom is 0.276 e. The maximum absolute atomic E-state index is 12.6. The van der Waals surface area contributed by atoms with Crippen LogP contribution < -0.4 is 0 Å². The topological polar surface area (TPSA) is 72.4 Å². The van der Waals surface area contributed by atoms with Crippen molar-refractivity contribution in [1.82, 2.24) is 15.2 Å². The zero-order valence-corrected chi connectivity index (χ0v) is 12.5. The molecule has 6 heteroatoms. The summed E-state index contributed by atoms with van der Waals surface area (Å²) >= 11 is 0. The van der Waals surface area contributed by atoms with Crippen molar-refractivity contribution in [3.05, 3.63) is 35.0 Å². The number of carbonyl (C=O) groups is 1. The summed E-state index contributed by atoms with van der Waals surface area (Å²) in [5.41, 5.74) is 1.18. The van der Waals surface area contributed by atoms with Gasteiger partial charge in [0.1, 0.15) is 17.2 Å². The first-order valence-electron chi connectivity index (χ1n) is 7.27. The van der Waals surface area contributed by atoms with Crippen molar-refractivity contribution in [1.29, 1.82) is 0 Å². The zero-order chi connectivity index (χ0) is 15.0. The molecule has 0 saturated carbocycles. The number of aromatic nitrogens is 2. The Kier molecular flexibility index (Phi) is 3.53. The second-order valence-corrected chi connectivity index (χ2v) is 5.79. The van der Waals surface area contributed by atoms with Crippen LogP contribution in [0.25, 0.3) is 0 Å². The van der Waals surface area contributed by atoms with Gasteiger partial charge in [-0.05, 0) is 19.8 Å². The molecule has 1 aliphatic rings. The minimum atomic E-state index is -0.103. The van der Waals surface area contributed by atoms with Gasteiger partial charge >= 0.3 is 0 Å². The Morgan fingerprint density at radius 1 is 1.33 bits per heavy atom. The maximum atomic E-state index is 12.6. The summed E-state index contributed by atoms with van der Waals surface area (Å²) in [5, 5.41) is 7.95. The molecule has 0 spiro atoms. The van der Waals surface area contributed by atoms with Crippen molar-refractivity contribution < 1.29 is 13.8 Å². The van der Waals surface area contributed by atoms with Gasteiger partial charge in [0.05, 0.1) is 6.04 Å². The lowest BCUT2D eigenvalue weighted by molar-refractivity contribution is 0.0720. The summed E-state index contributed by atoms with van der Waals surface area (Å²) in [5.74, 6) is 1.60. The van der Waals surface area contributed by atoms with E-state index in [1.165, 1.54) is 0 Å². The zero-order valence-electron chi connectivity index (χ0n) is 12.5. The van der Waals surface area contributed by atoms with Crippen LogP contribution >= 0.6 is 0 Å². The minimum absolute atomic E-state index is 0.0332. The average Bonchev–Trinajstić information content (AvgIpc) is 3.17. The molecule has 1 atom stereocenters. The van der Waals surface area contributed by atoms with E-state index in [1.807, 2.05) is 26.8 Å². The predicted octanol–water partition coefficient (Wildman–Crippen LogP) is 3.07. The van der Waals surface area contributed by atoms with Crippen LogP contribution in [0.15, 0.2) is 21.2 Å². The van der Waals surface area contributed by atoms with Gasteiger partial charge in [-0.2, -0.15) is 0 Å². The van der Waals surface area contributed by atoms with Crippen molar-refractivity contribution in [2.75, 3.05) is 6.54 Å². The molecule has 1 saturated heterocycles. The third kappa shape index (κ3) is 2.57. The van der Waals surface area contributed by atoms with E-state index in [0.29, 0.717) is 12.2 Å². The van der Waals surface area contributed by atoms with Gasteiger partial charge in [0, 0.05) is 24.6 Å². The molecule has 2 aromatic rings. The van der Waals surface area contributed by atoms with Crippen LogP contribution in [-0.4, -0.2) is 27.7 Å². The number of aryl methyl sites for hydroxylation is 1. The number of carbonyl (C=O) groups excluding carboxylic acids is 1. The van der Waals surface area contributed by atoms with Gasteiger partial charge in [-0.15, -0.1) is 0 Å². The molecule has 0 bridgehead atoms. The molecule has 1 aliphatic heterocycles. The van der Waals surface area contributed by atoms with Gasteiger partial charge < -0.3 is 13.9 Å². The molecule has 6 nitrogen and oxygen atoms in total. The highest BCUT2D eigenvalue weighted by Gasteiger charge is 2.34. The minimum Gasteiger partial charge on any atom is -0.361 e. The summed E-state index contributed by atoms with van der Waals surface area (Å²) in [6, 6.07) is 3.59. The molecule has 21 heavy (non-hydrogen) atoms. The SMILES string of the molecule is Cc1cc(C2CCCN2C(=O)c2cc(C(C)C)on2)no1. The fraction of sp³-hybridized carbons (Fsp3) is 0.533. The van der Waals surface area contributed by atoms with E-state index in [4.69, 9.17) is 9.05 Å². The highest BCUT2D eigenvalue weighted by atomic mass is 16.5. The summed E-state index contributed by atoms with van der Waals surface area (Å²) in [6.45, 7) is 6.57. The molecule has 2 aromatic heterocycles. The first-order valence-corrected chi connectivity index (χ1v) is 7.27. The van der Waals surface area contributed by atoms with Crippen molar-refractivity contribution in [2.24, 2.45) is 0 Å². The van der Waals surface area contributed by atoms with Gasteiger partial charge in [-0.25, -0.2) is 0 Å². The molecule has 3 heterocycles. The quantitative estimate of drug-likeness (QED) is 0.868. The monoisotopic (exact) mass is 289 g/mol. The van der Waals surface area contributed by atoms with Crippen molar-refractivity contribution in [3.63, 3.8) is 0 Å². The van der Waals surface area contributed by atoms with Gasteiger partial charge in [0.2, 0.25) is 0 Å². The molecular weight excluding hydrogens is 270 g/mol. The highest BCUT2D eigenvalue weighted by molar-refractivity contribution is 5.92. The van der Waals surface area contributed by atoms with E-state index < -0.39 is 0 Å². The fourth-order valence-electron chi connectivity index (χ4n) is 2.67. The molecular formula is C15H19N3O3. The number of rotatable bonds is 3. The first-order chi connectivity index (χ1) is 10.1. The molecule has 112 valence electrons. The lowest BCUT2D eigenvalue weighted by atomic mass is 10.1. The van der Waals surface area contributed by atoms with Gasteiger partial charge in [0.25, 0.3) is 5.91 Å². The largest absolute Gasteiger partial charge is 0.361 e. The standard InChI is InChI=1S/C15H19N3O3/c1-9(2)14-8-12(17-21-14)15(19)18-6-4-5-13(18)11-7-10(3)20-16-11/h7-9,13H,4-6H2,1-3H3. The third-order valence-corrected chi connectivity index (χ3v) is 3.82. The Balaban J connectivity index is 1.82. The first kappa shape index (κ1) is 13.9. The molecule has 1 unspecified atom stereocenters. The molecule has 1 fully saturated rings. The normalized spacial score (nSPS) is 18.7. The Morgan fingerprint density at radius 3 is 2.76 bits per heavy atom. The van der Waals surface area contributed by atoms with Gasteiger partial charge in [-0.1, -0.05) is 24.2 Å². The van der Waals surface area contributed by atoms with E-state index in [-0.39, 0.29) is 17.9 Å². The lowest BCUT2D eigenvalue weighted by Crippen LogP contribution is -2.30. The van der Waals surface area contributed by atoms with Gasteiger partial charge in [-0.3, -0.25) is 4.79 Å². The van der Waals surface area contributed by atoms with E-state index in [2.05, 4.69) is 10.3 Å². The van der Waals surface area contributed by atoms with Crippen LogP contribution in [0.3, 0.4) is 0 Å². The summed E-state index contributed by atoms with van der Waals surface area (Å²) in [4.78, 5) is 14.4. The molecule has 3 rings (SSSR count). The van der Waals surface area contributed by atoms with Gasteiger partial charge in [0.15, 0.2) is 5.69 Å². The highest BCUT2D eigenvalue weighted by Crippen LogP contribution is 2.32. The number of amides is 1. The average molecular weight is 289 g/mol. The molecule has 0 N–H and O–H groups in total. The lowest BCUT2D eigenvalue weighted by Gasteiger charge is -2.21. The molecule has 1 amide bonds. The van der Waals surface area contributed by atoms with E-state index >= 15 is 0 Å². The number of hydrogen-bond acceptors (Lipinski definition) is 5. The van der Waals surface area contributed by atoms with Crippen molar-refractivity contribution in [3.8, 4) is 0 Å². The summed E-state index contributed by atoms with van der Waals surface area (Å²) < 4.78 is 10.3. The second-order valence-electron chi connectivity index (χ2n) is 5.79. The van der Waals surface area contributed by atoms with Crippen LogP contribution in [0.5, 0.6) is 0 Å². The van der Waals surface area contributed by atoms with Crippen LogP contribution in [0.1, 0.15) is 66.4 Å². The van der Waals surface area contributed by atoms with Crippen LogP contribution in [0.4, 0.5) is 0 Å². The number of likely N-dealkylation sites (tertiary alicyclic amines) is 1. The van der Waals surface area contributed by atoms with Crippen LogP contribution in [-0.2, 0) is 0 Å². The third-order valence-electron chi connectivity index (χ3n) is 3.82. The summed E-state index contributed by atoms with van der Waals surface area (Å²) in [6.07, 6.45) is 1.85. The smallest absolute Gasteiger partial charge is 0.276 e. The molecule has 0 radical (unpaired) electrons. The Morgan fingerprint density at radius 2 is 2.14 bits per heavy atom. The van der Waals surface area contributed by atoms with Crippen molar-refractivity contribution >= 4 is 5.91 Å². The Hall–Kier alpha value is -2.11. The Bertz CT molecular complexity index is 644. The molecule has 0 aliphatic carbocycles. The Labute approximate surface area is 123 Å². The van der Waals surface area contributed by atoms with E-state index in [0.717, 1.165) is 30.1 Å². The number of nitrogens with zero attached hydrogens (tertiary/aromatic N) is 3. The predicted molar refractivity (Wildman–Crippen MR) is 74.8 cm³/mol. The molecule has 0 aromatic carbocycles. The fourth-order valence-corrected chi connectivity index (χ4v) is 2.67. The number of hydrogen-bond donors (Lipinski definition) is 0. The van der Waals surface area contributed by atoms with E-state index in [1.54, 1.807) is 11.0 Å².